The van der Waals surface area contributed by atoms with Crippen molar-refractivity contribution < 1.29 is 22.9 Å². The lowest BCUT2D eigenvalue weighted by atomic mass is 10.2. The lowest BCUT2D eigenvalue weighted by Gasteiger charge is -2.18. The molecule has 0 atom stereocenters. The van der Waals surface area contributed by atoms with Gasteiger partial charge in [0, 0.05) is 5.56 Å². The van der Waals surface area contributed by atoms with Crippen molar-refractivity contribution in [1.82, 2.24) is 0 Å². The molecule has 0 bridgehead atoms. The van der Waals surface area contributed by atoms with Crippen LogP contribution in [0, 0.1) is 0 Å². The van der Waals surface area contributed by atoms with Crippen LogP contribution in [0.1, 0.15) is 49.9 Å². The maximum Gasteiger partial charge on any atom is 0.530 e. The summed E-state index contributed by atoms with van der Waals surface area (Å²) in [5.74, 6) is 0.358. The van der Waals surface area contributed by atoms with Crippen molar-refractivity contribution in [2.24, 2.45) is 0 Å². The highest BCUT2D eigenvalue weighted by atomic mass is 31.2. The zero-order valence-electron chi connectivity index (χ0n) is 12.6. The van der Waals surface area contributed by atoms with Crippen LogP contribution in [0.5, 0.6) is 5.75 Å². The van der Waals surface area contributed by atoms with Gasteiger partial charge in [0.2, 0.25) is 0 Å². The third kappa shape index (κ3) is 6.89. The number of hydrogen-bond donors (Lipinski definition) is 0. The van der Waals surface area contributed by atoms with E-state index in [0.717, 1.165) is 32.0 Å². The first kappa shape index (κ1) is 17.9. The SMILES string of the molecule is CCCCOP(=O)(OCCCC)Oc1ccc(C=O)cc1. The van der Waals surface area contributed by atoms with Crippen LogP contribution in [-0.2, 0) is 13.6 Å². The second-order valence-corrected chi connectivity index (χ2v) is 6.19. The highest BCUT2D eigenvalue weighted by Crippen LogP contribution is 2.49. The lowest BCUT2D eigenvalue weighted by molar-refractivity contribution is 0.112. The Morgan fingerprint density at radius 1 is 1.00 bits per heavy atom. The number of hydrogen-bond acceptors (Lipinski definition) is 5. The third-order valence-corrected chi connectivity index (χ3v) is 4.16. The molecule has 1 rings (SSSR count). The molecule has 0 aromatic heterocycles. The van der Waals surface area contributed by atoms with E-state index in [2.05, 4.69) is 0 Å². The molecule has 0 spiro atoms. The smallest absolute Gasteiger partial charge is 0.404 e. The van der Waals surface area contributed by atoms with E-state index in [4.69, 9.17) is 13.6 Å². The second-order valence-electron chi connectivity index (χ2n) is 4.60. The van der Waals surface area contributed by atoms with Crippen LogP contribution in [-0.4, -0.2) is 19.5 Å². The summed E-state index contributed by atoms with van der Waals surface area (Å²) in [6, 6.07) is 6.32. The quantitative estimate of drug-likeness (QED) is 0.339. The second kappa shape index (κ2) is 9.72. The Kier molecular flexibility index (Phi) is 8.28. The van der Waals surface area contributed by atoms with Crippen LogP contribution < -0.4 is 4.52 Å². The van der Waals surface area contributed by atoms with Gasteiger partial charge in [-0.15, -0.1) is 0 Å². The van der Waals surface area contributed by atoms with E-state index < -0.39 is 7.82 Å². The van der Waals surface area contributed by atoms with Gasteiger partial charge in [-0.2, -0.15) is 0 Å². The van der Waals surface area contributed by atoms with E-state index in [9.17, 15) is 9.36 Å². The number of carbonyl (C=O) groups is 1. The van der Waals surface area contributed by atoms with Crippen molar-refractivity contribution >= 4 is 14.1 Å². The minimum atomic E-state index is -3.61. The Morgan fingerprint density at radius 3 is 1.95 bits per heavy atom. The Labute approximate surface area is 126 Å². The minimum absolute atomic E-state index is 0.326. The van der Waals surface area contributed by atoms with Crippen molar-refractivity contribution in [3.63, 3.8) is 0 Å². The summed E-state index contributed by atoms with van der Waals surface area (Å²) in [6.45, 7) is 4.69. The van der Waals surface area contributed by atoms with Crippen molar-refractivity contribution in [3.05, 3.63) is 29.8 Å². The van der Waals surface area contributed by atoms with E-state index in [1.807, 2.05) is 13.8 Å². The summed E-state index contributed by atoms with van der Waals surface area (Å²) < 4.78 is 28.6. The first-order valence-corrected chi connectivity index (χ1v) is 8.73. The average molecular weight is 314 g/mol. The molecule has 6 heteroatoms. The van der Waals surface area contributed by atoms with Gasteiger partial charge in [0.25, 0.3) is 0 Å². The highest BCUT2D eigenvalue weighted by Gasteiger charge is 2.28. The third-order valence-electron chi connectivity index (χ3n) is 2.73. The van der Waals surface area contributed by atoms with Crippen LogP contribution >= 0.6 is 7.82 Å². The molecule has 0 radical (unpaired) electrons. The maximum atomic E-state index is 12.6. The Balaban J connectivity index is 2.69. The molecule has 21 heavy (non-hydrogen) atoms. The monoisotopic (exact) mass is 314 g/mol. The van der Waals surface area contributed by atoms with Gasteiger partial charge in [-0.05, 0) is 37.1 Å². The van der Waals surface area contributed by atoms with Crippen molar-refractivity contribution in [1.29, 1.82) is 0 Å². The highest BCUT2D eigenvalue weighted by molar-refractivity contribution is 7.48. The molecule has 118 valence electrons. The van der Waals surface area contributed by atoms with E-state index in [1.165, 1.54) is 0 Å². The summed E-state index contributed by atoms with van der Waals surface area (Å²) in [4.78, 5) is 10.6. The largest absolute Gasteiger partial charge is 0.530 e. The fraction of sp³-hybridized carbons (Fsp3) is 0.533. The predicted molar refractivity (Wildman–Crippen MR) is 81.8 cm³/mol. The number of phosphoric acid groups is 1. The molecule has 1 aromatic carbocycles. The molecule has 0 aliphatic rings. The standard InChI is InChI=1S/C15H23O5P/c1-3-5-11-18-21(17,19-12-6-4-2)20-15-9-7-14(13-16)8-10-15/h7-10,13H,3-6,11-12H2,1-2H3. The predicted octanol–water partition coefficient (Wildman–Crippen LogP) is 4.62. The minimum Gasteiger partial charge on any atom is -0.404 e. The number of unbranched alkanes of at least 4 members (excludes halogenated alkanes) is 2. The van der Waals surface area contributed by atoms with Gasteiger partial charge in [0.05, 0.1) is 13.2 Å². The number of rotatable bonds is 11. The molecule has 0 aliphatic heterocycles. The Hall–Kier alpha value is -1.16. The van der Waals surface area contributed by atoms with Crippen LogP contribution in [0.3, 0.4) is 0 Å². The molecule has 0 N–H and O–H groups in total. The molecular weight excluding hydrogens is 291 g/mol. The molecule has 0 unspecified atom stereocenters. The van der Waals surface area contributed by atoms with Crippen LogP contribution in [0.25, 0.3) is 0 Å². The van der Waals surface area contributed by atoms with E-state index in [-0.39, 0.29) is 0 Å². The van der Waals surface area contributed by atoms with Gasteiger partial charge < -0.3 is 4.52 Å². The van der Waals surface area contributed by atoms with Crippen LogP contribution in [0.15, 0.2) is 24.3 Å². The molecular formula is C15H23O5P. The lowest BCUT2D eigenvalue weighted by Crippen LogP contribution is -2.05. The number of phosphoric ester groups is 1. The van der Waals surface area contributed by atoms with Crippen LogP contribution in [0.4, 0.5) is 0 Å². The molecule has 0 saturated heterocycles. The first-order chi connectivity index (χ1) is 10.1. The zero-order valence-corrected chi connectivity index (χ0v) is 13.5. The zero-order chi connectivity index (χ0) is 15.6. The molecule has 0 amide bonds. The summed E-state index contributed by atoms with van der Waals surface area (Å²) in [5, 5.41) is 0. The van der Waals surface area contributed by atoms with Gasteiger partial charge in [-0.3, -0.25) is 13.8 Å². The molecule has 5 nitrogen and oxygen atoms in total. The first-order valence-electron chi connectivity index (χ1n) is 7.27. The number of benzene rings is 1. The van der Waals surface area contributed by atoms with Gasteiger partial charge in [-0.25, -0.2) is 4.57 Å². The van der Waals surface area contributed by atoms with Crippen molar-refractivity contribution in [3.8, 4) is 5.75 Å². The molecule has 0 aliphatic carbocycles. The fourth-order valence-corrected chi connectivity index (χ4v) is 2.73. The molecule has 0 heterocycles. The maximum absolute atomic E-state index is 12.6. The van der Waals surface area contributed by atoms with Gasteiger partial charge >= 0.3 is 7.82 Å². The van der Waals surface area contributed by atoms with E-state index in [1.54, 1.807) is 24.3 Å². The Bertz CT molecular complexity index is 444. The van der Waals surface area contributed by atoms with E-state index >= 15 is 0 Å². The van der Waals surface area contributed by atoms with Crippen molar-refractivity contribution in [2.45, 2.75) is 39.5 Å². The van der Waals surface area contributed by atoms with Gasteiger partial charge in [-0.1, -0.05) is 26.7 Å². The summed E-state index contributed by atoms with van der Waals surface area (Å²) in [5.41, 5.74) is 0.524. The van der Waals surface area contributed by atoms with E-state index in [0.29, 0.717) is 24.5 Å². The van der Waals surface area contributed by atoms with Gasteiger partial charge in [0.1, 0.15) is 12.0 Å². The van der Waals surface area contributed by atoms with Crippen LogP contribution in [0.2, 0.25) is 0 Å². The molecule has 0 fully saturated rings. The topological polar surface area (TPSA) is 61.8 Å². The fourth-order valence-electron chi connectivity index (χ4n) is 1.47. The summed E-state index contributed by atoms with van der Waals surface area (Å²) in [6.07, 6.45) is 4.17. The number of aldehydes is 1. The van der Waals surface area contributed by atoms with Gasteiger partial charge in [0.15, 0.2) is 0 Å². The average Bonchev–Trinajstić information content (AvgIpc) is 2.48. The Morgan fingerprint density at radius 2 is 1.52 bits per heavy atom. The summed E-state index contributed by atoms with van der Waals surface area (Å²) in [7, 11) is -3.61. The molecule has 0 saturated carbocycles. The van der Waals surface area contributed by atoms with Crippen molar-refractivity contribution in [2.75, 3.05) is 13.2 Å². The number of carbonyl (C=O) groups excluding carboxylic acids is 1. The normalized spacial score (nSPS) is 11.3. The molecule has 1 aromatic rings. The summed E-state index contributed by atoms with van der Waals surface area (Å²) >= 11 is 0.